The van der Waals surface area contributed by atoms with Gasteiger partial charge >= 0.3 is 12.1 Å². The zero-order chi connectivity index (χ0) is 19.5. The summed E-state index contributed by atoms with van der Waals surface area (Å²) in [4.78, 5) is 37.4. The number of hydrogen-bond donors (Lipinski definition) is 1. The summed E-state index contributed by atoms with van der Waals surface area (Å²) in [5.41, 5.74) is 0.882. The lowest BCUT2D eigenvalue weighted by Gasteiger charge is -2.23. The number of nitrogens with zero attached hydrogens (tertiary/aromatic N) is 1. The lowest BCUT2D eigenvalue weighted by molar-refractivity contribution is -0.141. The Morgan fingerprint density at radius 1 is 1.19 bits per heavy atom. The molecule has 2 amide bonds. The van der Waals surface area contributed by atoms with Crippen LogP contribution in [0.3, 0.4) is 0 Å². The highest BCUT2D eigenvalue weighted by atomic mass is 32.2. The number of thioether (sulfide) groups is 1. The number of ether oxygens (including phenoxy) is 2. The monoisotopic (exact) mass is 394 g/mol. The van der Waals surface area contributed by atoms with Crippen molar-refractivity contribution in [2.24, 2.45) is 0 Å². The SMILES string of the molecule is CC(=O)OCCCCC(NC(=O)OCc1ccccc1)C(=O)N1CCSC1. The Hall–Kier alpha value is -2.22. The number of esters is 1. The summed E-state index contributed by atoms with van der Waals surface area (Å²) in [6, 6.07) is 8.74. The molecule has 8 heteroatoms. The topological polar surface area (TPSA) is 84.9 Å². The number of carbonyl (C=O) groups excluding carboxylic acids is 3. The minimum absolute atomic E-state index is 0.0934. The largest absolute Gasteiger partial charge is 0.466 e. The van der Waals surface area contributed by atoms with Crippen molar-refractivity contribution in [1.29, 1.82) is 0 Å². The van der Waals surface area contributed by atoms with Crippen molar-refractivity contribution >= 4 is 29.7 Å². The molecule has 1 fully saturated rings. The maximum absolute atomic E-state index is 12.7. The molecule has 1 N–H and O–H groups in total. The van der Waals surface area contributed by atoms with Crippen molar-refractivity contribution in [3.8, 4) is 0 Å². The molecule has 27 heavy (non-hydrogen) atoms. The van der Waals surface area contributed by atoms with E-state index in [1.807, 2.05) is 30.3 Å². The van der Waals surface area contributed by atoms with Crippen molar-refractivity contribution in [3.05, 3.63) is 35.9 Å². The predicted octanol–water partition coefficient (Wildman–Crippen LogP) is 2.55. The molecular weight excluding hydrogens is 368 g/mol. The third kappa shape index (κ3) is 7.90. The smallest absolute Gasteiger partial charge is 0.408 e. The van der Waals surface area contributed by atoms with Gasteiger partial charge in [0, 0.05) is 19.2 Å². The van der Waals surface area contributed by atoms with E-state index in [0.717, 1.165) is 11.3 Å². The number of amides is 2. The van der Waals surface area contributed by atoms with Crippen molar-refractivity contribution in [2.45, 2.75) is 38.8 Å². The van der Waals surface area contributed by atoms with Crippen LogP contribution in [0.2, 0.25) is 0 Å². The van der Waals surface area contributed by atoms with E-state index in [1.54, 1.807) is 16.7 Å². The van der Waals surface area contributed by atoms with Gasteiger partial charge in [-0.3, -0.25) is 9.59 Å². The van der Waals surface area contributed by atoms with Crippen LogP contribution in [0.1, 0.15) is 31.7 Å². The molecule has 1 heterocycles. The second-order valence-corrected chi connectivity index (χ2v) is 7.31. The fourth-order valence-electron chi connectivity index (χ4n) is 2.64. The minimum atomic E-state index is -0.635. The Kier molecular flexibility index (Phi) is 8.97. The van der Waals surface area contributed by atoms with E-state index in [4.69, 9.17) is 9.47 Å². The van der Waals surface area contributed by atoms with E-state index < -0.39 is 12.1 Å². The quantitative estimate of drug-likeness (QED) is 0.512. The summed E-state index contributed by atoms with van der Waals surface area (Å²) >= 11 is 1.69. The Labute approximate surface area is 163 Å². The van der Waals surface area contributed by atoms with Gasteiger partial charge in [0.15, 0.2) is 0 Å². The molecule has 0 saturated carbocycles. The van der Waals surface area contributed by atoms with E-state index in [0.29, 0.717) is 38.3 Å². The first kappa shape index (κ1) is 21.1. The molecule has 0 bridgehead atoms. The molecule has 1 atom stereocenters. The maximum Gasteiger partial charge on any atom is 0.408 e. The van der Waals surface area contributed by atoms with Gasteiger partial charge in [-0.1, -0.05) is 30.3 Å². The summed E-state index contributed by atoms with van der Waals surface area (Å²) in [7, 11) is 0. The molecule has 1 unspecified atom stereocenters. The molecule has 0 aliphatic carbocycles. The zero-order valence-corrected chi connectivity index (χ0v) is 16.3. The number of rotatable bonds is 9. The molecule has 1 aliphatic heterocycles. The number of unbranched alkanes of at least 4 members (excludes halogenated alkanes) is 1. The van der Waals surface area contributed by atoms with Crippen LogP contribution in [0.5, 0.6) is 0 Å². The summed E-state index contributed by atoms with van der Waals surface area (Å²) in [5.74, 6) is 1.14. The van der Waals surface area contributed by atoms with E-state index in [2.05, 4.69) is 5.32 Å². The lowest BCUT2D eigenvalue weighted by atomic mass is 10.1. The van der Waals surface area contributed by atoms with E-state index in [-0.39, 0.29) is 18.5 Å². The fraction of sp³-hybridized carbons (Fsp3) is 0.526. The van der Waals surface area contributed by atoms with Gasteiger partial charge in [-0.25, -0.2) is 4.79 Å². The first-order chi connectivity index (χ1) is 13.1. The summed E-state index contributed by atoms with van der Waals surface area (Å²) in [6.45, 7) is 2.52. The van der Waals surface area contributed by atoms with Crippen LogP contribution in [-0.4, -0.2) is 53.7 Å². The minimum Gasteiger partial charge on any atom is -0.466 e. The summed E-state index contributed by atoms with van der Waals surface area (Å²) in [6.07, 6.45) is 1.16. The molecule has 1 aliphatic rings. The van der Waals surface area contributed by atoms with Gasteiger partial charge in [0.25, 0.3) is 0 Å². The Bertz CT molecular complexity index is 620. The predicted molar refractivity (Wildman–Crippen MR) is 103 cm³/mol. The van der Waals surface area contributed by atoms with Gasteiger partial charge in [0.1, 0.15) is 12.6 Å². The first-order valence-corrected chi connectivity index (χ1v) is 10.2. The van der Waals surface area contributed by atoms with Crippen LogP contribution in [-0.2, 0) is 25.7 Å². The number of hydrogen-bond acceptors (Lipinski definition) is 6. The highest BCUT2D eigenvalue weighted by Gasteiger charge is 2.28. The number of alkyl carbamates (subject to hydrolysis) is 1. The summed E-state index contributed by atoms with van der Waals surface area (Å²) in [5, 5.41) is 2.69. The average Bonchev–Trinajstić information content (AvgIpc) is 3.20. The first-order valence-electron chi connectivity index (χ1n) is 9.03. The normalized spacial score (nSPS) is 14.5. The van der Waals surface area contributed by atoms with Gasteiger partial charge in [0.2, 0.25) is 5.91 Å². The van der Waals surface area contributed by atoms with E-state index >= 15 is 0 Å². The molecule has 0 spiro atoms. The van der Waals surface area contributed by atoms with Crippen LogP contribution in [0.15, 0.2) is 30.3 Å². The van der Waals surface area contributed by atoms with Crippen LogP contribution >= 0.6 is 11.8 Å². The Morgan fingerprint density at radius 2 is 1.96 bits per heavy atom. The standard InChI is InChI=1S/C19H26N2O5S/c1-15(22)25-11-6-5-9-17(18(23)21-10-12-27-14-21)20-19(24)26-13-16-7-3-2-4-8-16/h2-4,7-8,17H,5-6,9-14H2,1H3,(H,20,24). The lowest BCUT2D eigenvalue weighted by Crippen LogP contribution is -2.47. The Morgan fingerprint density at radius 3 is 2.63 bits per heavy atom. The average molecular weight is 394 g/mol. The van der Waals surface area contributed by atoms with Crippen LogP contribution in [0.25, 0.3) is 0 Å². The van der Waals surface area contributed by atoms with Gasteiger partial charge in [-0.05, 0) is 24.8 Å². The molecular formula is C19H26N2O5S. The fourth-order valence-corrected chi connectivity index (χ4v) is 3.59. The molecule has 2 rings (SSSR count). The molecule has 7 nitrogen and oxygen atoms in total. The van der Waals surface area contributed by atoms with Gasteiger partial charge < -0.3 is 19.7 Å². The van der Waals surface area contributed by atoms with Gasteiger partial charge in [0.05, 0.1) is 12.5 Å². The van der Waals surface area contributed by atoms with Crippen molar-refractivity contribution in [3.63, 3.8) is 0 Å². The number of nitrogens with one attached hydrogen (secondary N) is 1. The maximum atomic E-state index is 12.7. The van der Waals surface area contributed by atoms with Crippen LogP contribution in [0, 0.1) is 0 Å². The molecule has 148 valence electrons. The molecule has 0 aromatic heterocycles. The van der Waals surface area contributed by atoms with E-state index in [9.17, 15) is 14.4 Å². The number of benzene rings is 1. The van der Waals surface area contributed by atoms with Crippen LogP contribution in [0.4, 0.5) is 4.79 Å². The zero-order valence-electron chi connectivity index (χ0n) is 15.5. The molecule has 1 aromatic rings. The Balaban J connectivity index is 1.83. The molecule has 0 radical (unpaired) electrons. The van der Waals surface area contributed by atoms with Crippen molar-refractivity contribution in [1.82, 2.24) is 10.2 Å². The van der Waals surface area contributed by atoms with Gasteiger partial charge in [-0.2, -0.15) is 0 Å². The highest BCUT2D eigenvalue weighted by Crippen LogP contribution is 2.16. The van der Waals surface area contributed by atoms with Crippen molar-refractivity contribution < 1.29 is 23.9 Å². The second kappa shape index (κ2) is 11.5. The molecule has 1 saturated heterocycles. The van der Waals surface area contributed by atoms with E-state index in [1.165, 1.54) is 6.92 Å². The summed E-state index contributed by atoms with van der Waals surface area (Å²) < 4.78 is 10.1. The third-order valence-corrected chi connectivity index (χ3v) is 5.03. The second-order valence-electron chi connectivity index (χ2n) is 6.23. The third-order valence-electron chi connectivity index (χ3n) is 4.06. The molecule has 1 aromatic carbocycles. The van der Waals surface area contributed by atoms with Gasteiger partial charge in [-0.15, -0.1) is 11.8 Å². The highest BCUT2D eigenvalue weighted by molar-refractivity contribution is 7.99. The van der Waals surface area contributed by atoms with Crippen LogP contribution < -0.4 is 5.32 Å². The number of carbonyl (C=O) groups is 3. The van der Waals surface area contributed by atoms with Crippen molar-refractivity contribution in [2.75, 3.05) is 24.8 Å².